The summed E-state index contributed by atoms with van der Waals surface area (Å²) in [5.41, 5.74) is 1.74. The SMILES string of the molecule is COc1ccc(S(=O)(=O)N2CCN(Cc3ccc(C#N)cc3)CC2)cc1OC. The van der Waals surface area contributed by atoms with Gasteiger partial charge in [-0.2, -0.15) is 9.57 Å². The monoisotopic (exact) mass is 401 g/mol. The molecule has 1 saturated heterocycles. The van der Waals surface area contributed by atoms with Crippen LogP contribution >= 0.6 is 0 Å². The summed E-state index contributed by atoms with van der Waals surface area (Å²) in [5, 5.41) is 8.87. The first kappa shape index (κ1) is 20.1. The molecule has 1 heterocycles. The van der Waals surface area contributed by atoms with Crippen molar-refractivity contribution in [3.05, 3.63) is 53.6 Å². The van der Waals surface area contributed by atoms with Gasteiger partial charge < -0.3 is 9.47 Å². The second-order valence-corrected chi connectivity index (χ2v) is 8.44. The molecule has 2 aromatic rings. The van der Waals surface area contributed by atoms with Crippen molar-refractivity contribution < 1.29 is 17.9 Å². The number of nitrogens with zero attached hydrogens (tertiary/aromatic N) is 3. The van der Waals surface area contributed by atoms with Crippen molar-refractivity contribution >= 4 is 10.0 Å². The predicted molar refractivity (Wildman–Crippen MR) is 105 cm³/mol. The van der Waals surface area contributed by atoms with Gasteiger partial charge in [0.25, 0.3) is 0 Å². The van der Waals surface area contributed by atoms with Crippen LogP contribution in [-0.4, -0.2) is 58.0 Å². The van der Waals surface area contributed by atoms with Crippen LogP contribution in [0, 0.1) is 11.3 Å². The van der Waals surface area contributed by atoms with Gasteiger partial charge in [0, 0.05) is 38.8 Å². The van der Waals surface area contributed by atoms with Gasteiger partial charge in [0.15, 0.2) is 11.5 Å². The molecular weight excluding hydrogens is 378 g/mol. The Morgan fingerprint density at radius 2 is 1.61 bits per heavy atom. The molecule has 2 aromatic carbocycles. The van der Waals surface area contributed by atoms with Gasteiger partial charge in [0.05, 0.1) is 30.7 Å². The summed E-state index contributed by atoms with van der Waals surface area (Å²) in [6.07, 6.45) is 0. The van der Waals surface area contributed by atoms with Crippen molar-refractivity contribution in [1.82, 2.24) is 9.21 Å². The molecule has 0 aromatic heterocycles. The number of hydrogen-bond acceptors (Lipinski definition) is 6. The first-order chi connectivity index (χ1) is 13.5. The van der Waals surface area contributed by atoms with Crippen LogP contribution in [0.2, 0.25) is 0 Å². The molecule has 0 atom stereocenters. The number of benzene rings is 2. The van der Waals surface area contributed by atoms with Crippen molar-refractivity contribution in [3.63, 3.8) is 0 Å². The summed E-state index contributed by atoms with van der Waals surface area (Å²) in [4.78, 5) is 2.41. The van der Waals surface area contributed by atoms with Crippen molar-refractivity contribution in [3.8, 4) is 17.6 Å². The fraction of sp³-hybridized carbons (Fsp3) is 0.350. The first-order valence-electron chi connectivity index (χ1n) is 8.91. The Labute approximate surface area is 165 Å². The number of piperazine rings is 1. The van der Waals surface area contributed by atoms with Crippen LogP contribution in [0.15, 0.2) is 47.4 Å². The zero-order valence-corrected chi connectivity index (χ0v) is 16.8. The highest BCUT2D eigenvalue weighted by atomic mass is 32.2. The van der Waals surface area contributed by atoms with Gasteiger partial charge in [0.1, 0.15) is 0 Å². The van der Waals surface area contributed by atoms with Crippen molar-refractivity contribution in [2.45, 2.75) is 11.4 Å². The highest BCUT2D eigenvalue weighted by Crippen LogP contribution is 2.31. The van der Waals surface area contributed by atoms with E-state index in [0.29, 0.717) is 43.2 Å². The smallest absolute Gasteiger partial charge is 0.243 e. The van der Waals surface area contributed by atoms with E-state index in [4.69, 9.17) is 14.7 Å². The Bertz CT molecular complexity index is 960. The summed E-state index contributed by atoms with van der Waals surface area (Å²) in [7, 11) is -0.595. The van der Waals surface area contributed by atoms with Crippen LogP contribution in [0.5, 0.6) is 11.5 Å². The van der Waals surface area contributed by atoms with Crippen molar-refractivity contribution in [2.24, 2.45) is 0 Å². The zero-order chi connectivity index (χ0) is 20.1. The molecule has 1 aliphatic rings. The molecule has 1 fully saturated rings. The standard InChI is InChI=1S/C20H23N3O4S/c1-26-19-8-7-18(13-20(19)27-2)28(24,25)23-11-9-22(10-12-23)15-17-5-3-16(14-21)4-6-17/h3-8,13H,9-12,15H2,1-2H3. The van der Waals surface area contributed by atoms with Gasteiger partial charge in [-0.25, -0.2) is 8.42 Å². The Morgan fingerprint density at radius 1 is 0.964 bits per heavy atom. The Morgan fingerprint density at radius 3 is 2.18 bits per heavy atom. The average molecular weight is 401 g/mol. The third-order valence-electron chi connectivity index (χ3n) is 4.81. The molecular formula is C20H23N3O4S. The number of methoxy groups -OCH3 is 2. The van der Waals surface area contributed by atoms with E-state index >= 15 is 0 Å². The molecule has 8 heteroatoms. The molecule has 3 rings (SSSR count). The molecule has 148 valence electrons. The Kier molecular flexibility index (Phi) is 6.19. The van der Waals surface area contributed by atoms with Gasteiger partial charge in [0.2, 0.25) is 10.0 Å². The molecule has 0 unspecified atom stereocenters. The third kappa shape index (κ3) is 4.28. The molecule has 0 aliphatic carbocycles. The number of rotatable bonds is 6. The van der Waals surface area contributed by atoms with E-state index in [1.165, 1.54) is 24.6 Å². The third-order valence-corrected chi connectivity index (χ3v) is 6.71. The summed E-state index contributed by atoms with van der Waals surface area (Å²) in [6, 6.07) is 14.2. The van der Waals surface area contributed by atoms with Crippen LogP contribution in [0.25, 0.3) is 0 Å². The quantitative estimate of drug-likeness (QED) is 0.737. The van der Waals surface area contributed by atoms with E-state index in [1.54, 1.807) is 24.3 Å². The Hall–Kier alpha value is -2.60. The number of ether oxygens (including phenoxy) is 2. The summed E-state index contributed by atoms with van der Waals surface area (Å²) < 4.78 is 37.8. The average Bonchev–Trinajstić information content (AvgIpc) is 2.74. The van der Waals surface area contributed by atoms with E-state index < -0.39 is 10.0 Å². The Balaban J connectivity index is 1.65. The van der Waals surface area contributed by atoms with E-state index in [0.717, 1.165) is 12.1 Å². The van der Waals surface area contributed by atoms with Gasteiger partial charge in [-0.1, -0.05) is 12.1 Å². The van der Waals surface area contributed by atoms with Gasteiger partial charge >= 0.3 is 0 Å². The molecule has 0 saturated carbocycles. The maximum atomic E-state index is 13.0. The lowest BCUT2D eigenvalue weighted by Gasteiger charge is -2.34. The van der Waals surface area contributed by atoms with Crippen molar-refractivity contribution in [1.29, 1.82) is 5.26 Å². The summed E-state index contributed by atoms with van der Waals surface area (Å²) in [5.74, 6) is 0.886. The van der Waals surface area contributed by atoms with Crippen LogP contribution in [0.1, 0.15) is 11.1 Å². The fourth-order valence-corrected chi connectivity index (χ4v) is 4.64. The lowest BCUT2D eigenvalue weighted by molar-refractivity contribution is 0.181. The minimum absolute atomic E-state index is 0.200. The van der Waals surface area contributed by atoms with Crippen LogP contribution in [-0.2, 0) is 16.6 Å². The second kappa shape index (κ2) is 8.61. The summed E-state index contributed by atoms with van der Waals surface area (Å²) in [6.45, 7) is 2.87. The maximum Gasteiger partial charge on any atom is 0.243 e. The molecule has 0 N–H and O–H groups in total. The number of nitriles is 1. The minimum Gasteiger partial charge on any atom is -0.493 e. The minimum atomic E-state index is -3.59. The first-order valence-corrected chi connectivity index (χ1v) is 10.4. The highest BCUT2D eigenvalue weighted by molar-refractivity contribution is 7.89. The predicted octanol–water partition coefficient (Wildman–Crippen LogP) is 2.08. The molecule has 7 nitrogen and oxygen atoms in total. The van der Waals surface area contributed by atoms with Crippen LogP contribution in [0.4, 0.5) is 0 Å². The highest BCUT2D eigenvalue weighted by Gasteiger charge is 2.29. The topological polar surface area (TPSA) is 82.9 Å². The van der Waals surface area contributed by atoms with E-state index in [9.17, 15) is 8.42 Å². The van der Waals surface area contributed by atoms with E-state index in [1.807, 2.05) is 12.1 Å². The van der Waals surface area contributed by atoms with Gasteiger partial charge in [-0.3, -0.25) is 4.90 Å². The molecule has 28 heavy (non-hydrogen) atoms. The van der Waals surface area contributed by atoms with E-state index in [-0.39, 0.29) is 4.90 Å². The number of sulfonamides is 1. The maximum absolute atomic E-state index is 13.0. The second-order valence-electron chi connectivity index (χ2n) is 6.51. The van der Waals surface area contributed by atoms with Crippen LogP contribution < -0.4 is 9.47 Å². The molecule has 1 aliphatic heterocycles. The zero-order valence-electron chi connectivity index (χ0n) is 16.0. The van der Waals surface area contributed by atoms with Gasteiger partial charge in [-0.15, -0.1) is 0 Å². The normalized spacial score (nSPS) is 15.8. The number of hydrogen-bond donors (Lipinski definition) is 0. The fourth-order valence-electron chi connectivity index (χ4n) is 3.20. The van der Waals surface area contributed by atoms with E-state index in [2.05, 4.69) is 11.0 Å². The lowest BCUT2D eigenvalue weighted by atomic mass is 10.1. The molecule has 0 bridgehead atoms. The van der Waals surface area contributed by atoms with Crippen LogP contribution in [0.3, 0.4) is 0 Å². The molecule has 0 radical (unpaired) electrons. The molecule has 0 amide bonds. The largest absolute Gasteiger partial charge is 0.493 e. The summed E-state index contributed by atoms with van der Waals surface area (Å²) >= 11 is 0. The lowest BCUT2D eigenvalue weighted by Crippen LogP contribution is -2.48. The molecule has 0 spiro atoms. The van der Waals surface area contributed by atoms with Gasteiger partial charge in [-0.05, 0) is 29.8 Å². The van der Waals surface area contributed by atoms with Crippen molar-refractivity contribution in [2.75, 3.05) is 40.4 Å².